The van der Waals surface area contributed by atoms with Gasteiger partial charge in [0.05, 0.1) is 29.1 Å². The molecule has 41 heavy (non-hydrogen) atoms. The Bertz CT molecular complexity index is 1760. The molecule has 10 heteroatoms. The van der Waals surface area contributed by atoms with Crippen molar-refractivity contribution in [1.82, 2.24) is 29.2 Å². The number of sulfone groups is 1. The highest BCUT2D eigenvalue weighted by molar-refractivity contribution is 7.91. The van der Waals surface area contributed by atoms with Gasteiger partial charge in [0.1, 0.15) is 17.1 Å². The normalized spacial score (nSPS) is 15.8. The molecule has 0 saturated carbocycles. The van der Waals surface area contributed by atoms with Gasteiger partial charge in [0.25, 0.3) is 0 Å². The lowest BCUT2D eigenvalue weighted by atomic mass is 9.93. The van der Waals surface area contributed by atoms with E-state index in [-0.39, 0.29) is 17.0 Å². The van der Waals surface area contributed by atoms with E-state index in [4.69, 9.17) is 9.72 Å². The maximum atomic E-state index is 12.0. The maximum absolute atomic E-state index is 12.0. The molecule has 0 aliphatic carbocycles. The molecule has 0 amide bonds. The minimum atomic E-state index is -2.91. The highest BCUT2D eigenvalue weighted by Gasteiger charge is 2.32. The summed E-state index contributed by atoms with van der Waals surface area (Å²) in [5, 5.41) is 5.49. The predicted octanol–water partition coefficient (Wildman–Crippen LogP) is 5.05. The first-order chi connectivity index (χ1) is 19.7. The third-order valence-electron chi connectivity index (χ3n) is 7.95. The molecule has 1 saturated heterocycles. The number of rotatable bonds is 8. The van der Waals surface area contributed by atoms with Crippen molar-refractivity contribution in [2.45, 2.75) is 32.2 Å². The highest BCUT2D eigenvalue weighted by atomic mass is 32.2. The monoisotopic (exact) mass is 570 g/mol. The summed E-state index contributed by atoms with van der Waals surface area (Å²) in [4.78, 5) is 11.5. The molecular formula is C31H34N6O3S. The zero-order valence-corrected chi connectivity index (χ0v) is 24.4. The van der Waals surface area contributed by atoms with Gasteiger partial charge in [-0.2, -0.15) is 5.10 Å². The van der Waals surface area contributed by atoms with E-state index in [0.29, 0.717) is 13.1 Å². The van der Waals surface area contributed by atoms with Crippen molar-refractivity contribution < 1.29 is 13.2 Å². The molecule has 0 unspecified atom stereocenters. The lowest BCUT2D eigenvalue weighted by Gasteiger charge is -2.41. The molecule has 0 bridgehead atoms. The number of nitrogens with zero attached hydrogens (tertiary/aromatic N) is 6. The van der Waals surface area contributed by atoms with Gasteiger partial charge < -0.3 is 4.74 Å². The van der Waals surface area contributed by atoms with E-state index in [0.717, 1.165) is 52.3 Å². The second-order valence-corrected chi connectivity index (χ2v) is 13.5. The van der Waals surface area contributed by atoms with E-state index in [1.165, 1.54) is 5.56 Å². The molecular weight excluding hydrogens is 536 g/mol. The summed E-state index contributed by atoms with van der Waals surface area (Å²) in [6.45, 7) is 5.60. The summed E-state index contributed by atoms with van der Waals surface area (Å²) in [7, 11) is -1.00. The Morgan fingerprint density at radius 3 is 2.32 bits per heavy atom. The van der Waals surface area contributed by atoms with Crippen LogP contribution in [-0.4, -0.2) is 67.8 Å². The van der Waals surface area contributed by atoms with Crippen LogP contribution in [0, 0.1) is 0 Å². The third-order valence-corrected chi connectivity index (χ3v) is 9.55. The van der Waals surface area contributed by atoms with E-state index in [9.17, 15) is 8.42 Å². The Hall–Kier alpha value is -4.02. The van der Waals surface area contributed by atoms with E-state index < -0.39 is 9.84 Å². The van der Waals surface area contributed by atoms with E-state index >= 15 is 0 Å². The summed E-state index contributed by atoms with van der Waals surface area (Å²) in [6, 6.07) is 15.8. The largest absolute Gasteiger partial charge is 0.457 e. The fourth-order valence-corrected chi connectivity index (χ4v) is 6.61. The molecule has 9 nitrogen and oxygen atoms in total. The SMILES string of the molecule is Cn1cc(-n2cc(CCC(C)(C)N3CCS(=O)(=O)CC3)c3ccc(-c4ccc(Oc5ccncc5)cc4)nc32)cn1. The fourth-order valence-electron chi connectivity index (χ4n) is 5.41. The molecule has 1 aromatic carbocycles. The van der Waals surface area contributed by atoms with Gasteiger partial charge in [0.2, 0.25) is 0 Å². The molecule has 5 aromatic rings. The van der Waals surface area contributed by atoms with Crippen LogP contribution >= 0.6 is 0 Å². The third kappa shape index (κ3) is 5.89. The Kier molecular flexibility index (Phi) is 7.13. The molecule has 4 aromatic heterocycles. The first kappa shape index (κ1) is 27.2. The van der Waals surface area contributed by atoms with Crippen molar-refractivity contribution >= 4 is 20.9 Å². The Labute approximate surface area is 240 Å². The van der Waals surface area contributed by atoms with Crippen molar-refractivity contribution in [3.8, 4) is 28.4 Å². The summed E-state index contributed by atoms with van der Waals surface area (Å²) in [5.74, 6) is 1.96. The van der Waals surface area contributed by atoms with E-state index in [2.05, 4.69) is 51.7 Å². The van der Waals surface area contributed by atoms with Crippen LogP contribution in [0.4, 0.5) is 0 Å². The topological polar surface area (TPSA) is 95.1 Å². The molecule has 0 spiro atoms. The Morgan fingerprint density at radius 2 is 1.63 bits per heavy atom. The lowest BCUT2D eigenvalue weighted by molar-refractivity contribution is 0.123. The van der Waals surface area contributed by atoms with Gasteiger partial charge in [-0.25, -0.2) is 13.4 Å². The summed E-state index contributed by atoms with van der Waals surface area (Å²) >= 11 is 0. The smallest absolute Gasteiger partial charge is 0.152 e. The first-order valence-electron chi connectivity index (χ1n) is 13.8. The second kappa shape index (κ2) is 10.8. The van der Waals surface area contributed by atoms with Crippen molar-refractivity contribution in [3.05, 3.63) is 85.1 Å². The highest BCUT2D eigenvalue weighted by Crippen LogP contribution is 2.31. The van der Waals surface area contributed by atoms with Gasteiger partial charge in [0.15, 0.2) is 9.84 Å². The maximum Gasteiger partial charge on any atom is 0.152 e. The average molecular weight is 571 g/mol. The molecule has 212 valence electrons. The number of aromatic nitrogens is 5. The molecule has 0 atom stereocenters. The number of hydrogen-bond acceptors (Lipinski definition) is 7. The summed E-state index contributed by atoms with van der Waals surface area (Å²) in [5.41, 5.74) is 4.79. The van der Waals surface area contributed by atoms with Crippen molar-refractivity contribution in [3.63, 3.8) is 0 Å². The van der Waals surface area contributed by atoms with Gasteiger partial charge >= 0.3 is 0 Å². The molecule has 1 aliphatic heterocycles. The summed E-state index contributed by atoms with van der Waals surface area (Å²) < 4.78 is 33.7. The van der Waals surface area contributed by atoms with Crippen molar-refractivity contribution in [2.24, 2.45) is 7.05 Å². The standard InChI is InChI=1S/C31H34N6O3S/c1-31(2,36-16-18-41(38,39)19-17-36)13-10-24-21-37(25-20-33-35(3)22-25)30-28(24)8-9-29(34-30)23-4-6-26(7-5-23)40-27-11-14-32-15-12-27/h4-9,11-12,14-15,20-22H,10,13,16-19H2,1-3H3. The summed E-state index contributed by atoms with van der Waals surface area (Å²) in [6.07, 6.45) is 11.2. The first-order valence-corrected chi connectivity index (χ1v) is 15.6. The van der Waals surface area contributed by atoms with Crippen molar-refractivity contribution in [2.75, 3.05) is 24.6 Å². The quantitative estimate of drug-likeness (QED) is 0.258. The van der Waals surface area contributed by atoms with Crippen LogP contribution in [0.2, 0.25) is 0 Å². The molecule has 0 radical (unpaired) electrons. The van der Waals surface area contributed by atoms with Gasteiger partial charge in [-0.15, -0.1) is 0 Å². The minimum Gasteiger partial charge on any atom is -0.457 e. The van der Waals surface area contributed by atoms with Crippen LogP contribution in [0.1, 0.15) is 25.8 Å². The van der Waals surface area contributed by atoms with Crippen LogP contribution in [0.15, 0.2) is 79.5 Å². The number of pyridine rings is 2. The molecule has 6 rings (SSSR count). The molecule has 5 heterocycles. The Morgan fingerprint density at radius 1 is 0.927 bits per heavy atom. The van der Waals surface area contributed by atoms with E-state index in [1.807, 2.05) is 55.8 Å². The lowest BCUT2D eigenvalue weighted by Crippen LogP contribution is -2.51. The van der Waals surface area contributed by atoms with Crippen LogP contribution in [0.5, 0.6) is 11.5 Å². The predicted molar refractivity (Wildman–Crippen MR) is 160 cm³/mol. The molecule has 1 fully saturated rings. The van der Waals surface area contributed by atoms with Crippen LogP contribution < -0.4 is 4.74 Å². The van der Waals surface area contributed by atoms with Crippen molar-refractivity contribution in [1.29, 1.82) is 0 Å². The second-order valence-electron chi connectivity index (χ2n) is 11.2. The van der Waals surface area contributed by atoms with Crippen LogP contribution in [-0.2, 0) is 23.3 Å². The number of fused-ring (bicyclic) bond motifs is 1. The van der Waals surface area contributed by atoms with Crippen LogP contribution in [0.3, 0.4) is 0 Å². The van der Waals surface area contributed by atoms with Crippen LogP contribution in [0.25, 0.3) is 28.0 Å². The zero-order chi connectivity index (χ0) is 28.6. The zero-order valence-electron chi connectivity index (χ0n) is 23.6. The van der Waals surface area contributed by atoms with Gasteiger partial charge in [-0.3, -0.25) is 19.1 Å². The number of ether oxygens (including phenoxy) is 1. The van der Waals surface area contributed by atoms with Gasteiger partial charge in [-0.05, 0) is 80.8 Å². The molecule has 0 N–H and O–H groups in total. The fraction of sp³-hybridized carbons (Fsp3) is 0.323. The number of aryl methyl sites for hydroxylation is 2. The number of hydrogen-bond donors (Lipinski definition) is 0. The average Bonchev–Trinajstić information content (AvgIpc) is 3.55. The Balaban J connectivity index is 1.28. The minimum absolute atomic E-state index is 0.119. The van der Waals surface area contributed by atoms with E-state index in [1.54, 1.807) is 17.1 Å². The number of benzene rings is 1. The van der Waals surface area contributed by atoms with Gasteiger partial charge in [-0.1, -0.05) is 0 Å². The van der Waals surface area contributed by atoms with Gasteiger partial charge in [0, 0.05) is 61.4 Å². The molecule has 1 aliphatic rings.